The van der Waals surface area contributed by atoms with E-state index in [2.05, 4.69) is 20.2 Å². The van der Waals surface area contributed by atoms with Crippen LogP contribution in [0.5, 0.6) is 17.4 Å². The molecule has 10 heteroatoms. The summed E-state index contributed by atoms with van der Waals surface area (Å²) in [6, 6.07) is 9.46. The molecule has 2 atom stereocenters. The average molecular weight is 505 g/mol. The van der Waals surface area contributed by atoms with Gasteiger partial charge in [0.05, 0.1) is 30.4 Å². The van der Waals surface area contributed by atoms with E-state index in [0.717, 1.165) is 23.6 Å². The SMILES string of the molecule is COc1ccc2ncc(F)c(CCN3C[C@H](CNCc4ccc5c(c4)OCCO5)[C@H](O)C3)c2n1.Cl. The van der Waals surface area contributed by atoms with Gasteiger partial charge in [-0.05, 0) is 30.2 Å². The highest BCUT2D eigenvalue weighted by atomic mass is 35.5. The molecule has 5 rings (SSSR count). The molecule has 2 N–H and O–H groups in total. The second kappa shape index (κ2) is 11.3. The standard InChI is InChI=1S/C25H29FN4O4.ClH/c1-32-24-5-3-20-25(29-24)18(19(26)13-28-20)6-7-30-14-17(21(31)15-30)12-27-11-16-2-4-22-23(10-16)34-9-8-33-22;/h2-5,10,13,17,21,27,31H,6-9,11-12,14-15H2,1H3;1H/t17-,21+;/m0./s1. The summed E-state index contributed by atoms with van der Waals surface area (Å²) in [5, 5.41) is 14.0. The van der Waals surface area contributed by atoms with Crippen molar-refractivity contribution in [3.63, 3.8) is 0 Å². The molecule has 188 valence electrons. The normalized spacial score (nSPS) is 19.5. The number of hydrogen-bond acceptors (Lipinski definition) is 8. The van der Waals surface area contributed by atoms with Gasteiger partial charge in [-0.2, -0.15) is 0 Å². The Hall–Kier alpha value is -2.72. The predicted molar refractivity (Wildman–Crippen MR) is 132 cm³/mol. The number of hydrogen-bond donors (Lipinski definition) is 2. The maximum absolute atomic E-state index is 14.6. The number of likely N-dealkylation sites (tertiary alicyclic amines) is 1. The van der Waals surface area contributed by atoms with E-state index in [9.17, 15) is 9.50 Å². The van der Waals surface area contributed by atoms with Crippen molar-refractivity contribution in [2.45, 2.75) is 19.1 Å². The lowest BCUT2D eigenvalue weighted by Gasteiger charge is -2.19. The Bertz CT molecular complexity index is 1170. The second-order valence-corrected chi connectivity index (χ2v) is 8.75. The first-order valence-electron chi connectivity index (χ1n) is 11.6. The minimum Gasteiger partial charge on any atom is -0.486 e. The fraction of sp³-hybridized carbons (Fsp3) is 0.440. The van der Waals surface area contributed by atoms with E-state index in [-0.39, 0.29) is 24.1 Å². The third-order valence-corrected chi connectivity index (χ3v) is 6.45. The van der Waals surface area contributed by atoms with E-state index in [0.29, 0.717) is 68.3 Å². The van der Waals surface area contributed by atoms with Crippen LogP contribution < -0.4 is 19.5 Å². The molecular weight excluding hydrogens is 475 g/mol. The van der Waals surface area contributed by atoms with E-state index in [1.165, 1.54) is 13.3 Å². The number of nitrogens with zero attached hydrogens (tertiary/aromatic N) is 3. The first-order valence-corrected chi connectivity index (χ1v) is 11.6. The summed E-state index contributed by atoms with van der Waals surface area (Å²) in [7, 11) is 1.54. The molecule has 2 aliphatic heterocycles. The average Bonchev–Trinajstić information content (AvgIpc) is 3.22. The molecule has 0 saturated carbocycles. The van der Waals surface area contributed by atoms with Gasteiger partial charge < -0.3 is 29.5 Å². The van der Waals surface area contributed by atoms with Gasteiger partial charge in [-0.25, -0.2) is 9.37 Å². The van der Waals surface area contributed by atoms with Crippen molar-refractivity contribution < 1.29 is 23.7 Å². The number of fused-ring (bicyclic) bond motifs is 2. The lowest BCUT2D eigenvalue weighted by Crippen LogP contribution is -2.30. The molecule has 0 unspecified atom stereocenters. The fourth-order valence-corrected chi connectivity index (χ4v) is 4.62. The van der Waals surface area contributed by atoms with Crippen molar-refractivity contribution in [2.24, 2.45) is 5.92 Å². The summed E-state index contributed by atoms with van der Waals surface area (Å²) >= 11 is 0. The van der Waals surface area contributed by atoms with Crippen LogP contribution in [0.4, 0.5) is 4.39 Å². The quantitative estimate of drug-likeness (QED) is 0.484. The van der Waals surface area contributed by atoms with Crippen LogP contribution in [0.15, 0.2) is 36.5 Å². The zero-order valence-corrected chi connectivity index (χ0v) is 20.4. The van der Waals surface area contributed by atoms with Gasteiger partial charge in [0, 0.05) is 50.3 Å². The summed E-state index contributed by atoms with van der Waals surface area (Å²) in [5.74, 6) is 1.73. The second-order valence-electron chi connectivity index (χ2n) is 8.75. The number of rotatable bonds is 8. The van der Waals surface area contributed by atoms with E-state index in [1.54, 1.807) is 12.1 Å². The van der Waals surface area contributed by atoms with Gasteiger partial charge >= 0.3 is 0 Å². The van der Waals surface area contributed by atoms with Gasteiger partial charge in [-0.1, -0.05) is 6.07 Å². The van der Waals surface area contributed by atoms with Crippen LogP contribution in [-0.4, -0.2) is 72.6 Å². The molecule has 2 aromatic heterocycles. The Balaban J connectivity index is 0.00000289. The lowest BCUT2D eigenvalue weighted by molar-refractivity contribution is 0.140. The minimum absolute atomic E-state index is 0. The summed E-state index contributed by atoms with van der Waals surface area (Å²) in [5.41, 5.74) is 2.80. The van der Waals surface area contributed by atoms with Gasteiger partial charge in [0.25, 0.3) is 0 Å². The van der Waals surface area contributed by atoms with Crippen LogP contribution in [-0.2, 0) is 13.0 Å². The largest absolute Gasteiger partial charge is 0.486 e. The maximum Gasteiger partial charge on any atom is 0.213 e. The number of nitrogens with one attached hydrogen (secondary N) is 1. The summed E-state index contributed by atoms with van der Waals surface area (Å²) in [6.07, 6.45) is 1.30. The molecular formula is C25H30ClFN4O4. The van der Waals surface area contributed by atoms with E-state index >= 15 is 0 Å². The molecule has 0 spiro atoms. The Morgan fingerprint density at radius 1 is 1.17 bits per heavy atom. The van der Waals surface area contributed by atoms with Crippen molar-refractivity contribution in [1.82, 2.24) is 20.2 Å². The van der Waals surface area contributed by atoms with Crippen molar-refractivity contribution in [2.75, 3.05) is 46.5 Å². The molecule has 0 radical (unpaired) electrons. The number of aromatic nitrogens is 2. The number of halogens is 2. The Morgan fingerprint density at radius 3 is 2.83 bits per heavy atom. The summed E-state index contributed by atoms with van der Waals surface area (Å²) in [4.78, 5) is 10.7. The molecule has 35 heavy (non-hydrogen) atoms. The van der Waals surface area contributed by atoms with Crippen molar-refractivity contribution in [1.29, 1.82) is 0 Å². The van der Waals surface area contributed by atoms with Crippen LogP contribution in [0.3, 0.4) is 0 Å². The summed E-state index contributed by atoms with van der Waals surface area (Å²) < 4.78 is 31.0. The molecule has 8 nitrogen and oxygen atoms in total. The highest BCUT2D eigenvalue weighted by Gasteiger charge is 2.31. The topological polar surface area (TPSA) is 89.0 Å². The van der Waals surface area contributed by atoms with Gasteiger partial charge in [0.15, 0.2) is 11.5 Å². The zero-order valence-electron chi connectivity index (χ0n) is 19.6. The molecule has 3 aromatic rings. The van der Waals surface area contributed by atoms with Gasteiger partial charge in [-0.3, -0.25) is 4.98 Å². The van der Waals surface area contributed by atoms with Crippen LogP contribution in [0.2, 0.25) is 0 Å². The molecule has 1 saturated heterocycles. The minimum atomic E-state index is -0.426. The first kappa shape index (κ1) is 25.4. The Kier molecular flexibility index (Phi) is 8.22. The third kappa shape index (κ3) is 5.75. The van der Waals surface area contributed by atoms with E-state index < -0.39 is 6.10 Å². The number of aliphatic hydroxyl groups excluding tert-OH is 1. The molecule has 0 aliphatic carbocycles. The number of methoxy groups -OCH3 is 1. The van der Waals surface area contributed by atoms with Crippen LogP contribution >= 0.6 is 12.4 Å². The van der Waals surface area contributed by atoms with Gasteiger partial charge in [-0.15, -0.1) is 12.4 Å². The number of β-amino-alcohol motifs (C(OH)–C–C–N with tert-alkyl or cyclic N) is 1. The maximum atomic E-state index is 14.6. The number of benzene rings is 1. The summed E-state index contributed by atoms with van der Waals surface area (Å²) in [6.45, 7) is 4.46. The zero-order chi connectivity index (χ0) is 23.5. The molecule has 0 amide bonds. The third-order valence-electron chi connectivity index (χ3n) is 6.45. The monoisotopic (exact) mass is 504 g/mol. The highest BCUT2D eigenvalue weighted by molar-refractivity contribution is 5.85. The van der Waals surface area contributed by atoms with E-state index in [4.69, 9.17) is 14.2 Å². The van der Waals surface area contributed by atoms with Crippen LogP contribution in [0.1, 0.15) is 11.1 Å². The van der Waals surface area contributed by atoms with Crippen LogP contribution in [0, 0.1) is 11.7 Å². The highest BCUT2D eigenvalue weighted by Crippen LogP contribution is 2.30. The molecule has 4 heterocycles. The van der Waals surface area contributed by atoms with Crippen molar-refractivity contribution >= 4 is 23.4 Å². The fourth-order valence-electron chi connectivity index (χ4n) is 4.62. The number of aliphatic hydroxyl groups is 1. The Labute approximate surface area is 209 Å². The lowest BCUT2D eigenvalue weighted by atomic mass is 10.1. The van der Waals surface area contributed by atoms with E-state index in [1.807, 2.05) is 18.2 Å². The van der Waals surface area contributed by atoms with Crippen LogP contribution in [0.25, 0.3) is 11.0 Å². The van der Waals surface area contributed by atoms with Crippen molar-refractivity contribution in [3.05, 3.63) is 53.5 Å². The molecule has 1 aromatic carbocycles. The smallest absolute Gasteiger partial charge is 0.213 e. The predicted octanol–water partition coefficient (Wildman–Crippen LogP) is 2.60. The number of pyridine rings is 2. The molecule has 1 fully saturated rings. The van der Waals surface area contributed by atoms with Gasteiger partial charge in [0.2, 0.25) is 5.88 Å². The van der Waals surface area contributed by atoms with Crippen molar-refractivity contribution in [3.8, 4) is 17.4 Å². The molecule has 2 aliphatic rings. The molecule has 0 bridgehead atoms. The van der Waals surface area contributed by atoms with Gasteiger partial charge in [0.1, 0.15) is 19.0 Å². The first-order chi connectivity index (χ1) is 16.6. The Morgan fingerprint density at radius 2 is 2.00 bits per heavy atom. The number of ether oxygens (including phenoxy) is 3.